The molecule has 0 aromatic carbocycles. The number of hydrogen-bond donors (Lipinski definition) is 1. The van der Waals surface area contributed by atoms with Crippen LogP contribution < -0.4 is 5.32 Å². The molecule has 5 nitrogen and oxygen atoms in total. The lowest BCUT2D eigenvalue weighted by atomic mass is 9.83. The molecule has 0 bridgehead atoms. The van der Waals surface area contributed by atoms with Crippen molar-refractivity contribution in [3.8, 4) is 0 Å². The highest BCUT2D eigenvalue weighted by molar-refractivity contribution is 5.95. The molecule has 2 rings (SSSR count). The van der Waals surface area contributed by atoms with Crippen molar-refractivity contribution >= 4 is 5.91 Å². The minimum Gasteiger partial charge on any atom is -0.380 e. The Bertz CT molecular complexity index is 490. The summed E-state index contributed by atoms with van der Waals surface area (Å²) in [5.74, 6) is 0.806. The van der Waals surface area contributed by atoms with Gasteiger partial charge in [-0.3, -0.25) is 4.79 Å². The largest absolute Gasteiger partial charge is 0.380 e. The predicted octanol–water partition coefficient (Wildman–Crippen LogP) is 2.06. The van der Waals surface area contributed by atoms with Gasteiger partial charge in [0.1, 0.15) is 5.82 Å². The molecule has 2 heterocycles. The van der Waals surface area contributed by atoms with Crippen molar-refractivity contribution in [3.63, 3.8) is 0 Å². The number of rotatable bonds is 5. The van der Waals surface area contributed by atoms with Gasteiger partial charge in [0.15, 0.2) is 0 Å². The minimum absolute atomic E-state index is 0.0894. The molecule has 1 saturated heterocycles. The average molecular weight is 277 g/mol. The van der Waals surface area contributed by atoms with Gasteiger partial charge in [-0.05, 0) is 19.3 Å². The Kier molecular flexibility index (Phi) is 4.38. The van der Waals surface area contributed by atoms with Crippen LogP contribution in [0.5, 0.6) is 0 Å². The molecule has 0 radical (unpaired) electrons. The zero-order valence-electron chi connectivity index (χ0n) is 12.7. The van der Waals surface area contributed by atoms with Crippen LogP contribution in [0.25, 0.3) is 0 Å². The van der Waals surface area contributed by atoms with E-state index in [2.05, 4.69) is 22.2 Å². The van der Waals surface area contributed by atoms with E-state index in [0.29, 0.717) is 17.9 Å². The molecule has 1 amide bonds. The lowest BCUT2D eigenvalue weighted by molar-refractivity contribution is -0.111. The number of aromatic nitrogens is 2. The Morgan fingerprint density at radius 1 is 1.50 bits per heavy atom. The lowest BCUT2D eigenvalue weighted by Gasteiger charge is -2.40. The van der Waals surface area contributed by atoms with E-state index >= 15 is 0 Å². The Hall–Kier alpha value is -1.49. The third-order valence-corrected chi connectivity index (χ3v) is 3.92. The van der Waals surface area contributed by atoms with Crippen LogP contribution in [-0.4, -0.2) is 35.6 Å². The van der Waals surface area contributed by atoms with Gasteiger partial charge in [-0.2, -0.15) is 0 Å². The number of aryl methyl sites for hydroxylation is 1. The van der Waals surface area contributed by atoms with Crippen LogP contribution in [0.15, 0.2) is 6.20 Å². The Morgan fingerprint density at radius 2 is 2.20 bits per heavy atom. The van der Waals surface area contributed by atoms with Gasteiger partial charge in [-0.1, -0.05) is 20.8 Å². The van der Waals surface area contributed by atoms with Crippen LogP contribution >= 0.6 is 0 Å². The van der Waals surface area contributed by atoms with Crippen LogP contribution in [0.1, 0.15) is 55.0 Å². The maximum absolute atomic E-state index is 12.4. The molecular formula is C15H23N3O2. The van der Waals surface area contributed by atoms with Gasteiger partial charge in [0.2, 0.25) is 0 Å². The highest BCUT2D eigenvalue weighted by Crippen LogP contribution is 2.30. The minimum atomic E-state index is -0.0894. The Labute approximate surface area is 120 Å². The first-order valence-electron chi connectivity index (χ1n) is 7.17. The van der Waals surface area contributed by atoms with E-state index in [1.165, 1.54) is 0 Å². The molecule has 0 aliphatic carbocycles. The van der Waals surface area contributed by atoms with Crippen molar-refractivity contribution in [2.45, 2.75) is 40.0 Å². The molecule has 1 aromatic heterocycles. The molecule has 0 atom stereocenters. The van der Waals surface area contributed by atoms with E-state index < -0.39 is 0 Å². The standard InChI is InChI=1S/C15H23N3O2/c1-5-15(8-20-9-15)7-17-14(19)12-6-16-11(4)18-13(12)10(2)3/h6,10H,5,7-9H2,1-4H3,(H,17,19). The molecule has 1 N–H and O–H groups in total. The monoisotopic (exact) mass is 277 g/mol. The van der Waals surface area contributed by atoms with Gasteiger partial charge in [0.05, 0.1) is 24.5 Å². The van der Waals surface area contributed by atoms with Crippen LogP contribution in [0.4, 0.5) is 0 Å². The third-order valence-electron chi connectivity index (χ3n) is 3.92. The molecule has 1 fully saturated rings. The topological polar surface area (TPSA) is 64.1 Å². The lowest BCUT2D eigenvalue weighted by Crippen LogP contribution is -2.50. The van der Waals surface area contributed by atoms with Gasteiger partial charge in [0, 0.05) is 18.2 Å². The number of carbonyl (C=O) groups excluding carboxylic acids is 1. The second kappa shape index (κ2) is 5.87. The van der Waals surface area contributed by atoms with Crippen LogP contribution in [0, 0.1) is 12.3 Å². The molecule has 5 heteroatoms. The number of nitrogens with one attached hydrogen (secondary N) is 1. The van der Waals surface area contributed by atoms with E-state index in [1.807, 2.05) is 20.8 Å². The third kappa shape index (κ3) is 2.98. The van der Waals surface area contributed by atoms with Gasteiger partial charge < -0.3 is 10.1 Å². The second-order valence-corrected chi connectivity index (χ2v) is 5.90. The summed E-state index contributed by atoms with van der Waals surface area (Å²) in [5, 5.41) is 3.01. The maximum Gasteiger partial charge on any atom is 0.254 e. The Balaban J connectivity index is 2.09. The molecule has 1 aliphatic rings. The van der Waals surface area contributed by atoms with E-state index in [9.17, 15) is 4.79 Å². The first-order valence-corrected chi connectivity index (χ1v) is 7.17. The summed E-state index contributed by atoms with van der Waals surface area (Å²) in [5.41, 5.74) is 1.50. The Morgan fingerprint density at radius 3 is 2.70 bits per heavy atom. The van der Waals surface area contributed by atoms with Gasteiger partial charge in [-0.15, -0.1) is 0 Å². The summed E-state index contributed by atoms with van der Waals surface area (Å²) < 4.78 is 5.27. The van der Waals surface area contributed by atoms with Crippen LogP contribution in [-0.2, 0) is 4.74 Å². The van der Waals surface area contributed by atoms with E-state index in [4.69, 9.17) is 4.74 Å². The van der Waals surface area contributed by atoms with Crippen LogP contribution in [0.3, 0.4) is 0 Å². The summed E-state index contributed by atoms with van der Waals surface area (Å²) in [6.07, 6.45) is 2.64. The van der Waals surface area contributed by atoms with E-state index in [0.717, 1.165) is 25.3 Å². The molecule has 1 aliphatic heterocycles. The fraction of sp³-hybridized carbons (Fsp3) is 0.667. The second-order valence-electron chi connectivity index (χ2n) is 5.90. The molecule has 110 valence electrons. The van der Waals surface area contributed by atoms with E-state index in [1.54, 1.807) is 6.20 Å². The van der Waals surface area contributed by atoms with Crippen molar-refractivity contribution in [3.05, 3.63) is 23.3 Å². The van der Waals surface area contributed by atoms with Crippen molar-refractivity contribution in [2.75, 3.05) is 19.8 Å². The zero-order chi connectivity index (χ0) is 14.8. The van der Waals surface area contributed by atoms with Crippen molar-refractivity contribution in [1.82, 2.24) is 15.3 Å². The molecule has 20 heavy (non-hydrogen) atoms. The normalized spacial score (nSPS) is 16.9. The van der Waals surface area contributed by atoms with Gasteiger partial charge in [0.25, 0.3) is 5.91 Å². The highest BCUT2D eigenvalue weighted by Gasteiger charge is 2.37. The number of hydrogen-bond acceptors (Lipinski definition) is 4. The van der Waals surface area contributed by atoms with Crippen molar-refractivity contribution in [1.29, 1.82) is 0 Å². The zero-order valence-corrected chi connectivity index (χ0v) is 12.7. The SMILES string of the molecule is CCC1(CNC(=O)c2cnc(C)nc2C(C)C)COC1. The fourth-order valence-corrected chi connectivity index (χ4v) is 2.29. The molecule has 0 spiro atoms. The van der Waals surface area contributed by atoms with Crippen LogP contribution in [0.2, 0.25) is 0 Å². The molecule has 0 unspecified atom stereocenters. The number of nitrogens with zero attached hydrogens (tertiary/aromatic N) is 2. The summed E-state index contributed by atoms with van der Waals surface area (Å²) in [6.45, 7) is 10.1. The molecular weight excluding hydrogens is 254 g/mol. The van der Waals surface area contributed by atoms with Gasteiger partial charge >= 0.3 is 0 Å². The van der Waals surface area contributed by atoms with E-state index in [-0.39, 0.29) is 17.2 Å². The summed E-state index contributed by atoms with van der Waals surface area (Å²) in [7, 11) is 0. The average Bonchev–Trinajstić information content (AvgIpc) is 2.37. The summed E-state index contributed by atoms with van der Waals surface area (Å²) in [6, 6.07) is 0. The van der Waals surface area contributed by atoms with Gasteiger partial charge in [-0.25, -0.2) is 9.97 Å². The number of amides is 1. The summed E-state index contributed by atoms with van der Waals surface area (Å²) >= 11 is 0. The highest BCUT2D eigenvalue weighted by atomic mass is 16.5. The fourth-order valence-electron chi connectivity index (χ4n) is 2.29. The number of ether oxygens (including phenoxy) is 1. The quantitative estimate of drug-likeness (QED) is 0.895. The predicted molar refractivity (Wildman–Crippen MR) is 76.7 cm³/mol. The first kappa shape index (κ1) is 14.9. The maximum atomic E-state index is 12.4. The number of carbonyl (C=O) groups is 1. The molecule has 1 aromatic rings. The van der Waals surface area contributed by atoms with Crippen molar-refractivity contribution in [2.24, 2.45) is 5.41 Å². The smallest absolute Gasteiger partial charge is 0.254 e. The molecule has 0 saturated carbocycles. The summed E-state index contributed by atoms with van der Waals surface area (Å²) in [4.78, 5) is 20.9. The first-order chi connectivity index (χ1) is 9.47. The van der Waals surface area contributed by atoms with Crippen molar-refractivity contribution < 1.29 is 9.53 Å².